The Labute approximate surface area is 202 Å². The first kappa shape index (κ1) is 26.1. The van der Waals surface area contributed by atoms with Crippen LogP contribution in [0.1, 0.15) is 37.6 Å². The Kier molecular flexibility index (Phi) is 7.74. The number of aromatic nitrogens is 2. The number of carbonyl (C=O) groups excluding carboxylic acids is 1. The van der Waals surface area contributed by atoms with Crippen LogP contribution in [0.3, 0.4) is 0 Å². The van der Waals surface area contributed by atoms with E-state index in [4.69, 9.17) is 4.74 Å². The Balaban J connectivity index is 2.07. The van der Waals surface area contributed by atoms with Crippen LogP contribution in [0.25, 0.3) is 10.9 Å². The molecule has 0 saturated heterocycles. The molecule has 0 aliphatic carbocycles. The summed E-state index contributed by atoms with van der Waals surface area (Å²) in [6, 6.07) is 5.92. The van der Waals surface area contributed by atoms with Gasteiger partial charge in [0.15, 0.2) is 11.6 Å². The number of benzene rings is 2. The van der Waals surface area contributed by atoms with Crippen LogP contribution in [0.2, 0.25) is 0 Å². The number of hydrogen-bond acceptors (Lipinski definition) is 5. The van der Waals surface area contributed by atoms with Crippen molar-refractivity contribution in [1.82, 2.24) is 20.0 Å². The minimum absolute atomic E-state index is 0.00376. The largest absolute Gasteiger partial charge is 0.480 e. The molecule has 3 rings (SSSR count). The average molecular weight is 489 g/mol. The lowest BCUT2D eigenvalue weighted by atomic mass is 9.96. The SMILES string of the molecule is CC(C)Cn1ncc2cc(Oc3ccc(F)cc3F)c(C(=O)NC(C)(CCN(C)C)C(=O)O)cc21. The molecule has 1 unspecified atom stereocenters. The molecule has 0 bridgehead atoms. The lowest BCUT2D eigenvalue weighted by Crippen LogP contribution is -2.53. The molecule has 1 amide bonds. The molecule has 188 valence electrons. The Morgan fingerprint density at radius 2 is 1.91 bits per heavy atom. The molecule has 1 atom stereocenters. The highest BCUT2D eigenvalue weighted by Crippen LogP contribution is 2.32. The molecule has 0 radical (unpaired) electrons. The molecule has 2 aromatic carbocycles. The zero-order valence-electron chi connectivity index (χ0n) is 20.4. The van der Waals surface area contributed by atoms with Crippen molar-refractivity contribution < 1.29 is 28.2 Å². The van der Waals surface area contributed by atoms with Gasteiger partial charge in [0.05, 0.1) is 17.3 Å². The second-order valence-corrected chi connectivity index (χ2v) is 9.45. The maximum Gasteiger partial charge on any atom is 0.329 e. The predicted molar refractivity (Wildman–Crippen MR) is 128 cm³/mol. The standard InChI is InChI=1S/C25H30F2N4O4/c1-15(2)14-31-20-12-18(23(32)29-25(3,24(33)34)8-9-30(4)5)22(10-16(20)13-28-31)35-21-7-6-17(26)11-19(21)27/h6-7,10-13,15H,8-9,14H2,1-5H3,(H,29,32)(H,33,34). The quantitative estimate of drug-likeness (QED) is 0.442. The van der Waals surface area contributed by atoms with Gasteiger partial charge < -0.3 is 20.1 Å². The van der Waals surface area contributed by atoms with Gasteiger partial charge in [0.25, 0.3) is 5.91 Å². The van der Waals surface area contributed by atoms with Crippen molar-refractivity contribution in [1.29, 1.82) is 0 Å². The number of aliphatic carboxylic acids is 1. The van der Waals surface area contributed by atoms with E-state index in [0.29, 0.717) is 30.1 Å². The summed E-state index contributed by atoms with van der Waals surface area (Å²) in [5, 5.41) is 17.4. The Bertz CT molecular complexity index is 1240. The fraction of sp³-hybridized carbons (Fsp3) is 0.400. The van der Waals surface area contributed by atoms with Crippen LogP contribution < -0.4 is 10.1 Å². The van der Waals surface area contributed by atoms with Gasteiger partial charge in [-0.15, -0.1) is 0 Å². The third kappa shape index (κ3) is 6.13. The highest BCUT2D eigenvalue weighted by Gasteiger charge is 2.36. The van der Waals surface area contributed by atoms with E-state index >= 15 is 0 Å². The topological polar surface area (TPSA) is 96.7 Å². The van der Waals surface area contributed by atoms with E-state index < -0.39 is 29.0 Å². The highest BCUT2D eigenvalue weighted by molar-refractivity contribution is 6.03. The molecular formula is C25H30F2N4O4. The third-order valence-corrected chi connectivity index (χ3v) is 5.56. The number of ether oxygens (including phenoxy) is 1. The van der Waals surface area contributed by atoms with Crippen LogP contribution in [0.5, 0.6) is 11.5 Å². The van der Waals surface area contributed by atoms with Gasteiger partial charge in [0, 0.05) is 24.5 Å². The molecule has 0 spiro atoms. The number of nitrogens with one attached hydrogen (secondary N) is 1. The normalized spacial score (nSPS) is 13.3. The van der Waals surface area contributed by atoms with E-state index in [-0.39, 0.29) is 29.4 Å². The fourth-order valence-corrected chi connectivity index (χ4v) is 3.52. The van der Waals surface area contributed by atoms with Gasteiger partial charge in [-0.1, -0.05) is 13.8 Å². The molecule has 0 aliphatic rings. The van der Waals surface area contributed by atoms with Crippen molar-refractivity contribution in [3.8, 4) is 11.5 Å². The minimum atomic E-state index is -1.56. The summed E-state index contributed by atoms with van der Waals surface area (Å²) >= 11 is 0. The number of carboxylic acids is 1. The van der Waals surface area contributed by atoms with E-state index in [1.807, 2.05) is 18.7 Å². The molecule has 0 saturated carbocycles. The van der Waals surface area contributed by atoms with Gasteiger partial charge >= 0.3 is 5.97 Å². The number of halogens is 2. The van der Waals surface area contributed by atoms with Crippen LogP contribution in [0, 0.1) is 17.6 Å². The Morgan fingerprint density at radius 3 is 2.51 bits per heavy atom. The lowest BCUT2D eigenvalue weighted by Gasteiger charge is -2.28. The van der Waals surface area contributed by atoms with E-state index in [2.05, 4.69) is 10.4 Å². The van der Waals surface area contributed by atoms with Crippen LogP contribution >= 0.6 is 0 Å². The van der Waals surface area contributed by atoms with Crippen molar-refractivity contribution in [2.75, 3.05) is 20.6 Å². The van der Waals surface area contributed by atoms with Crippen LogP contribution in [-0.4, -0.2) is 57.8 Å². The molecule has 10 heteroatoms. The number of carboxylic acid groups (broad SMARTS) is 1. The van der Waals surface area contributed by atoms with Gasteiger partial charge in [-0.3, -0.25) is 9.48 Å². The number of fused-ring (bicyclic) bond motifs is 1. The summed E-state index contributed by atoms with van der Waals surface area (Å²) in [6.45, 7) is 6.50. The van der Waals surface area contributed by atoms with Crippen molar-refractivity contribution in [2.45, 2.75) is 39.3 Å². The van der Waals surface area contributed by atoms with Crippen molar-refractivity contribution in [3.63, 3.8) is 0 Å². The number of nitrogens with zero attached hydrogens (tertiary/aromatic N) is 3. The van der Waals surface area contributed by atoms with Crippen LogP contribution in [0.15, 0.2) is 36.5 Å². The maximum atomic E-state index is 14.3. The monoisotopic (exact) mass is 488 g/mol. The smallest absolute Gasteiger partial charge is 0.329 e. The summed E-state index contributed by atoms with van der Waals surface area (Å²) in [5.74, 6) is -3.60. The Morgan fingerprint density at radius 1 is 1.20 bits per heavy atom. The average Bonchev–Trinajstić information content (AvgIpc) is 3.14. The van der Waals surface area contributed by atoms with E-state index in [1.165, 1.54) is 13.0 Å². The highest BCUT2D eigenvalue weighted by atomic mass is 19.1. The van der Waals surface area contributed by atoms with Gasteiger partial charge in [-0.25, -0.2) is 13.6 Å². The van der Waals surface area contributed by atoms with E-state index in [1.54, 1.807) is 31.0 Å². The second kappa shape index (κ2) is 10.4. The zero-order chi connectivity index (χ0) is 25.9. The van der Waals surface area contributed by atoms with E-state index in [9.17, 15) is 23.5 Å². The third-order valence-electron chi connectivity index (χ3n) is 5.56. The Hall–Kier alpha value is -3.53. The molecule has 8 nitrogen and oxygen atoms in total. The number of carbonyl (C=O) groups is 2. The summed E-state index contributed by atoms with van der Waals surface area (Å²) in [7, 11) is 3.61. The van der Waals surface area contributed by atoms with Gasteiger partial charge in [0.1, 0.15) is 17.1 Å². The summed E-state index contributed by atoms with van der Waals surface area (Å²) < 4.78 is 35.1. The minimum Gasteiger partial charge on any atom is -0.480 e. The van der Waals surface area contributed by atoms with Gasteiger partial charge in [-0.2, -0.15) is 5.10 Å². The van der Waals surface area contributed by atoms with Crippen LogP contribution in [0.4, 0.5) is 8.78 Å². The summed E-state index contributed by atoms with van der Waals surface area (Å²) in [5.41, 5.74) is -0.919. The molecular weight excluding hydrogens is 458 g/mol. The molecule has 1 heterocycles. The summed E-state index contributed by atoms with van der Waals surface area (Å²) in [4.78, 5) is 27.3. The van der Waals surface area contributed by atoms with E-state index in [0.717, 1.165) is 12.1 Å². The first-order valence-corrected chi connectivity index (χ1v) is 11.2. The predicted octanol–water partition coefficient (Wildman–Crippen LogP) is 4.29. The number of amides is 1. The van der Waals surface area contributed by atoms with Crippen molar-refractivity contribution in [3.05, 3.63) is 53.7 Å². The molecule has 0 fully saturated rings. The fourth-order valence-electron chi connectivity index (χ4n) is 3.52. The summed E-state index contributed by atoms with van der Waals surface area (Å²) in [6.07, 6.45) is 1.75. The van der Waals surface area contributed by atoms with Crippen LogP contribution in [-0.2, 0) is 11.3 Å². The number of hydrogen-bond donors (Lipinski definition) is 2. The molecule has 35 heavy (non-hydrogen) atoms. The molecule has 3 aromatic rings. The van der Waals surface area contributed by atoms with Crippen molar-refractivity contribution >= 4 is 22.8 Å². The van der Waals surface area contributed by atoms with Crippen molar-refractivity contribution in [2.24, 2.45) is 5.92 Å². The second-order valence-electron chi connectivity index (χ2n) is 9.45. The molecule has 1 aromatic heterocycles. The first-order valence-electron chi connectivity index (χ1n) is 11.2. The zero-order valence-corrected chi connectivity index (χ0v) is 20.4. The maximum absolute atomic E-state index is 14.3. The lowest BCUT2D eigenvalue weighted by molar-refractivity contribution is -0.144. The first-order chi connectivity index (χ1) is 16.4. The van der Waals surface area contributed by atoms with Gasteiger partial charge in [0.2, 0.25) is 0 Å². The molecule has 0 aliphatic heterocycles. The number of rotatable bonds is 10. The molecule has 2 N–H and O–H groups in total. The van der Waals surface area contributed by atoms with Gasteiger partial charge in [-0.05, 0) is 57.6 Å².